The fourth-order valence-electron chi connectivity index (χ4n) is 1.40. The van der Waals surface area contributed by atoms with Crippen molar-refractivity contribution >= 4 is 23.1 Å². The Hall–Kier alpha value is -0.0600. The van der Waals surface area contributed by atoms with Gasteiger partial charge in [0.1, 0.15) is 4.34 Å². The highest BCUT2D eigenvalue weighted by molar-refractivity contribution is 8.01. The summed E-state index contributed by atoms with van der Waals surface area (Å²) >= 11 is 3.61. The van der Waals surface area contributed by atoms with Crippen LogP contribution in [0.5, 0.6) is 0 Å². The van der Waals surface area contributed by atoms with Crippen LogP contribution in [0.3, 0.4) is 0 Å². The van der Waals surface area contributed by atoms with E-state index in [2.05, 4.69) is 29.5 Å². The quantitative estimate of drug-likeness (QED) is 0.787. The maximum Gasteiger partial charge on any atom is 0.150 e. The topological polar surface area (TPSA) is 24.9 Å². The van der Waals surface area contributed by atoms with Crippen LogP contribution in [-0.4, -0.2) is 23.3 Å². The normalized spacial score (nSPS) is 15.4. The average Bonchev–Trinajstić information content (AvgIpc) is 2.53. The first-order chi connectivity index (χ1) is 6.67. The lowest BCUT2D eigenvalue weighted by atomic mass is 10.2. The SMILES string of the molecule is CCC(NC)C(C)Sc1nc(C)cs1. The zero-order valence-electron chi connectivity index (χ0n) is 9.20. The van der Waals surface area contributed by atoms with Gasteiger partial charge in [-0.1, -0.05) is 25.6 Å². The van der Waals surface area contributed by atoms with Gasteiger partial charge in [0.2, 0.25) is 0 Å². The van der Waals surface area contributed by atoms with Crippen molar-refractivity contribution in [2.24, 2.45) is 0 Å². The van der Waals surface area contributed by atoms with E-state index < -0.39 is 0 Å². The molecule has 0 aliphatic heterocycles. The van der Waals surface area contributed by atoms with Crippen LogP contribution < -0.4 is 5.32 Å². The Morgan fingerprint density at radius 1 is 1.64 bits per heavy atom. The van der Waals surface area contributed by atoms with Crippen LogP contribution in [0.25, 0.3) is 0 Å². The van der Waals surface area contributed by atoms with E-state index in [1.54, 1.807) is 11.3 Å². The van der Waals surface area contributed by atoms with Gasteiger partial charge in [-0.3, -0.25) is 0 Å². The molecule has 1 aromatic heterocycles. The monoisotopic (exact) mass is 230 g/mol. The molecule has 0 fully saturated rings. The van der Waals surface area contributed by atoms with Gasteiger partial charge in [-0.15, -0.1) is 11.3 Å². The van der Waals surface area contributed by atoms with Gasteiger partial charge < -0.3 is 5.32 Å². The predicted octanol–water partition coefficient (Wildman–Crippen LogP) is 2.93. The van der Waals surface area contributed by atoms with Gasteiger partial charge in [-0.2, -0.15) is 0 Å². The van der Waals surface area contributed by atoms with Gasteiger partial charge in [0.05, 0.1) is 0 Å². The molecule has 0 amide bonds. The summed E-state index contributed by atoms with van der Waals surface area (Å²) in [5, 5.41) is 6.02. The van der Waals surface area contributed by atoms with Crippen LogP contribution >= 0.6 is 23.1 Å². The first-order valence-electron chi connectivity index (χ1n) is 4.93. The molecule has 1 N–H and O–H groups in total. The Morgan fingerprint density at radius 3 is 2.79 bits per heavy atom. The summed E-state index contributed by atoms with van der Waals surface area (Å²) in [5.41, 5.74) is 1.13. The average molecular weight is 230 g/mol. The van der Waals surface area contributed by atoms with Gasteiger partial charge in [-0.25, -0.2) is 4.98 Å². The summed E-state index contributed by atoms with van der Waals surface area (Å²) in [6.07, 6.45) is 1.16. The van der Waals surface area contributed by atoms with Gasteiger partial charge in [-0.05, 0) is 20.4 Å². The second-order valence-corrected chi connectivity index (χ2v) is 5.86. The van der Waals surface area contributed by atoms with Gasteiger partial charge in [0.25, 0.3) is 0 Å². The van der Waals surface area contributed by atoms with Crippen molar-refractivity contribution in [1.82, 2.24) is 10.3 Å². The molecule has 0 bridgehead atoms. The molecule has 0 saturated heterocycles. The van der Waals surface area contributed by atoms with Crippen LogP contribution in [0.15, 0.2) is 9.72 Å². The van der Waals surface area contributed by atoms with E-state index in [-0.39, 0.29) is 0 Å². The Labute approximate surface area is 94.5 Å². The summed E-state index contributed by atoms with van der Waals surface area (Å²) in [7, 11) is 2.03. The molecule has 2 unspecified atom stereocenters. The molecule has 0 radical (unpaired) electrons. The highest BCUT2D eigenvalue weighted by atomic mass is 32.2. The minimum Gasteiger partial charge on any atom is -0.316 e. The van der Waals surface area contributed by atoms with Crippen molar-refractivity contribution in [1.29, 1.82) is 0 Å². The smallest absolute Gasteiger partial charge is 0.150 e. The molecule has 0 aliphatic carbocycles. The van der Waals surface area contributed by atoms with Crippen molar-refractivity contribution < 1.29 is 0 Å². The Morgan fingerprint density at radius 2 is 2.36 bits per heavy atom. The van der Waals surface area contributed by atoms with Crippen molar-refractivity contribution in [2.45, 2.75) is 42.8 Å². The van der Waals surface area contributed by atoms with Crippen LogP contribution in [0.4, 0.5) is 0 Å². The van der Waals surface area contributed by atoms with E-state index >= 15 is 0 Å². The van der Waals surface area contributed by atoms with E-state index in [0.29, 0.717) is 11.3 Å². The number of aryl methyl sites for hydroxylation is 1. The molecule has 80 valence electrons. The maximum atomic E-state index is 4.46. The summed E-state index contributed by atoms with van der Waals surface area (Å²) in [6, 6.07) is 0.573. The molecule has 14 heavy (non-hydrogen) atoms. The molecule has 1 heterocycles. The lowest BCUT2D eigenvalue weighted by Crippen LogP contribution is -2.33. The molecule has 1 aromatic rings. The first-order valence-corrected chi connectivity index (χ1v) is 6.69. The second kappa shape index (κ2) is 5.73. The van der Waals surface area contributed by atoms with Gasteiger partial charge >= 0.3 is 0 Å². The number of rotatable bonds is 5. The van der Waals surface area contributed by atoms with Crippen molar-refractivity contribution in [3.05, 3.63) is 11.1 Å². The Balaban J connectivity index is 2.51. The standard InChI is InChI=1S/C10H18N2S2/c1-5-9(11-4)8(3)14-10-12-7(2)6-13-10/h6,8-9,11H,5H2,1-4H3. The van der Waals surface area contributed by atoms with Gasteiger partial charge in [0.15, 0.2) is 0 Å². The number of aromatic nitrogens is 1. The number of hydrogen-bond donors (Lipinski definition) is 1. The van der Waals surface area contributed by atoms with Crippen LogP contribution in [0.1, 0.15) is 26.0 Å². The summed E-state index contributed by atoms with van der Waals surface area (Å²) < 4.78 is 1.18. The van der Waals surface area contributed by atoms with Crippen LogP contribution in [0.2, 0.25) is 0 Å². The van der Waals surface area contributed by atoms with E-state index in [0.717, 1.165) is 12.1 Å². The third-order valence-electron chi connectivity index (χ3n) is 2.26. The minimum atomic E-state index is 0.573. The number of nitrogens with zero attached hydrogens (tertiary/aromatic N) is 1. The predicted molar refractivity (Wildman–Crippen MR) is 65.3 cm³/mol. The molecule has 2 atom stereocenters. The fraction of sp³-hybridized carbons (Fsp3) is 0.700. The molecule has 0 aromatic carbocycles. The zero-order valence-corrected chi connectivity index (χ0v) is 10.8. The Kier molecular flexibility index (Phi) is 4.92. The summed E-state index contributed by atoms with van der Waals surface area (Å²) in [4.78, 5) is 4.46. The molecule has 4 heteroatoms. The Bertz CT molecular complexity index is 269. The lowest BCUT2D eigenvalue weighted by molar-refractivity contribution is 0.541. The number of thioether (sulfide) groups is 1. The van der Waals surface area contributed by atoms with E-state index in [1.807, 2.05) is 25.7 Å². The highest BCUT2D eigenvalue weighted by Crippen LogP contribution is 2.28. The van der Waals surface area contributed by atoms with E-state index in [4.69, 9.17) is 0 Å². The number of nitrogens with one attached hydrogen (secondary N) is 1. The summed E-state index contributed by atoms with van der Waals surface area (Å²) in [6.45, 7) is 6.51. The largest absolute Gasteiger partial charge is 0.316 e. The highest BCUT2D eigenvalue weighted by Gasteiger charge is 2.15. The number of hydrogen-bond acceptors (Lipinski definition) is 4. The van der Waals surface area contributed by atoms with Crippen molar-refractivity contribution in [2.75, 3.05) is 7.05 Å². The van der Waals surface area contributed by atoms with Crippen molar-refractivity contribution in [3.8, 4) is 0 Å². The third kappa shape index (κ3) is 3.26. The maximum absolute atomic E-state index is 4.46. The van der Waals surface area contributed by atoms with Crippen LogP contribution in [0, 0.1) is 6.92 Å². The molecular formula is C10H18N2S2. The number of thiazole rings is 1. The molecule has 0 aliphatic rings. The molecule has 1 rings (SSSR count). The minimum absolute atomic E-state index is 0.573. The van der Waals surface area contributed by atoms with Crippen LogP contribution in [-0.2, 0) is 0 Å². The second-order valence-electron chi connectivity index (χ2n) is 3.38. The first kappa shape index (κ1) is 12.0. The fourth-order valence-corrected chi connectivity index (χ4v) is 3.75. The third-order valence-corrected chi connectivity index (χ3v) is 4.58. The summed E-state index contributed by atoms with van der Waals surface area (Å²) in [5.74, 6) is 0. The van der Waals surface area contributed by atoms with E-state index in [9.17, 15) is 0 Å². The molecule has 2 nitrogen and oxygen atoms in total. The van der Waals surface area contributed by atoms with E-state index in [1.165, 1.54) is 4.34 Å². The lowest BCUT2D eigenvalue weighted by Gasteiger charge is -2.20. The zero-order chi connectivity index (χ0) is 10.6. The van der Waals surface area contributed by atoms with Gasteiger partial charge in [0, 0.05) is 22.4 Å². The van der Waals surface area contributed by atoms with Crippen molar-refractivity contribution in [3.63, 3.8) is 0 Å². The molecule has 0 spiro atoms. The molecule has 0 saturated carbocycles. The molecular weight excluding hydrogens is 212 g/mol.